The molecule has 4 heteroatoms. The largest absolute Gasteiger partial charge is 0.495 e. The highest BCUT2D eigenvalue weighted by molar-refractivity contribution is 6.35. The number of ether oxygens (including phenoxy) is 2. The van der Waals surface area contributed by atoms with E-state index in [9.17, 15) is 0 Å². The van der Waals surface area contributed by atoms with Crippen molar-refractivity contribution in [1.82, 2.24) is 0 Å². The summed E-state index contributed by atoms with van der Waals surface area (Å²) >= 11 is 11.9. The monoisotopic (exact) mass is 330 g/mol. The van der Waals surface area contributed by atoms with Crippen LogP contribution in [0, 0.1) is 5.92 Å². The van der Waals surface area contributed by atoms with Crippen LogP contribution < -0.4 is 4.74 Å². The fraction of sp³-hybridized carbons (Fsp3) is 0.529. The van der Waals surface area contributed by atoms with E-state index in [0.29, 0.717) is 40.7 Å². The van der Waals surface area contributed by atoms with Gasteiger partial charge in [0.05, 0.1) is 11.6 Å². The Labute approximate surface area is 138 Å². The Kier molecular flexibility index (Phi) is 8.63. The zero-order valence-corrected chi connectivity index (χ0v) is 14.3. The molecule has 0 saturated heterocycles. The Balaban J connectivity index is 2.33. The Morgan fingerprint density at radius 3 is 2.67 bits per heavy atom. The van der Waals surface area contributed by atoms with E-state index in [2.05, 4.69) is 20.4 Å². The fourth-order valence-corrected chi connectivity index (χ4v) is 2.39. The van der Waals surface area contributed by atoms with Crippen molar-refractivity contribution in [3.8, 4) is 5.75 Å². The first kappa shape index (κ1) is 18.2. The van der Waals surface area contributed by atoms with E-state index >= 15 is 0 Å². The highest BCUT2D eigenvalue weighted by atomic mass is 35.5. The summed E-state index contributed by atoms with van der Waals surface area (Å²) in [6.45, 7) is 9.28. The molecule has 0 heterocycles. The number of rotatable bonds is 10. The van der Waals surface area contributed by atoms with Gasteiger partial charge in [-0.15, -0.1) is 0 Å². The fourth-order valence-electron chi connectivity index (χ4n) is 1.93. The van der Waals surface area contributed by atoms with Crippen LogP contribution in [-0.4, -0.2) is 13.2 Å². The van der Waals surface area contributed by atoms with Crippen molar-refractivity contribution in [3.63, 3.8) is 0 Å². The average Bonchev–Trinajstić information content (AvgIpc) is 2.46. The molecular weight excluding hydrogens is 307 g/mol. The van der Waals surface area contributed by atoms with Crippen molar-refractivity contribution in [2.45, 2.75) is 39.5 Å². The van der Waals surface area contributed by atoms with Gasteiger partial charge in [0, 0.05) is 5.02 Å². The van der Waals surface area contributed by atoms with Crippen LogP contribution in [0.4, 0.5) is 0 Å². The summed E-state index contributed by atoms with van der Waals surface area (Å²) in [5.41, 5.74) is 0. The van der Waals surface area contributed by atoms with Gasteiger partial charge in [-0.3, -0.25) is 0 Å². The molecule has 0 saturated carbocycles. The number of halogens is 2. The predicted molar refractivity (Wildman–Crippen MR) is 90.4 cm³/mol. The lowest BCUT2D eigenvalue weighted by Crippen LogP contribution is -2.11. The van der Waals surface area contributed by atoms with Gasteiger partial charge in [0.1, 0.15) is 18.1 Å². The Morgan fingerprint density at radius 1 is 1.29 bits per heavy atom. The lowest BCUT2D eigenvalue weighted by molar-refractivity contribution is 0.130. The maximum atomic E-state index is 6.04. The smallest absolute Gasteiger partial charge is 0.145 e. The molecule has 1 aromatic rings. The summed E-state index contributed by atoms with van der Waals surface area (Å²) in [5.74, 6) is 1.79. The second-order valence-electron chi connectivity index (χ2n) is 5.13. The molecule has 0 bridgehead atoms. The minimum atomic E-state index is 0.297. The van der Waals surface area contributed by atoms with Gasteiger partial charge in [-0.25, -0.2) is 0 Å². The first-order valence-electron chi connectivity index (χ1n) is 7.45. The van der Waals surface area contributed by atoms with Crippen molar-refractivity contribution >= 4 is 23.2 Å². The van der Waals surface area contributed by atoms with Gasteiger partial charge < -0.3 is 9.47 Å². The molecule has 0 radical (unpaired) electrons. The molecule has 21 heavy (non-hydrogen) atoms. The van der Waals surface area contributed by atoms with E-state index in [-0.39, 0.29) is 0 Å². The number of hydrogen-bond donors (Lipinski definition) is 0. The molecule has 2 nitrogen and oxygen atoms in total. The minimum absolute atomic E-state index is 0.297. The number of unbranched alkanes of at least 4 members (excludes halogenated alkanes) is 1. The number of hydrogen-bond acceptors (Lipinski definition) is 2. The van der Waals surface area contributed by atoms with E-state index in [0.717, 1.165) is 6.42 Å². The summed E-state index contributed by atoms with van der Waals surface area (Å²) in [6.07, 6.45) is 4.78. The summed E-state index contributed by atoms with van der Waals surface area (Å²) in [5, 5.41) is 1.08. The van der Waals surface area contributed by atoms with Crippen LogP contribution >= 0.6 is 23.2 Å². The van der Waals surface area contributed by atoms with Gasteiger partial charge in [0.2, 0.25) is 0 Å². The highest BCUT2D eigenvalue weighted by Gasteiger charge is 2.08. The van der Waals surface area contributed by atoms with E-state index in [4.69, 9.17) is 32.7 Å². The zero-order chi connectivity index (χ0) is 15.7. The molecule has 0 N–H and O–H groups in total. The van der Waals surface area contributed by atoms with Gasteiger partial charge >= 0.3 is 0 Å². The van der Waals surface area contributed by atoms with Crippen LogP contribution in [0.5, 0.6) is 5.75 Å². The normalized spacial score (nSPS) is 12.0. The van der Waals surface area contributed by atoms with Crippen LogP contribution in [0.3, 0.4) is 0 Å². The molecule has 0 aliphatic rings. The molecule has 1 unspecified atom stereocenters. The van der Waals surface area contributed by atoms with Gasteiger partial charge in [0.25, 0.3) is 0 Å². The van der Waals surface area contributed by atoms with Gasteiger partial charge in [-0.1, -0.05) is 62.9 Å². The Hall–Kier alpha value is -0.860. The highest BCUT2D eigenvalue weighted by Crippen LogP contribution is 2.27. The van der Waals surface area contributed by atoms with Crippen LogP contribution in [0.2, 0.25) is 10.0 Å². The summed E-state index contributed by atoms with van der Waals surface area (Å²) in [6, 6.07) is 5.14. The summed E-state index contributed by atoms with van der Waals surface area (Å²) in [4.78, 5) is 0. The van der Waals surface area contributed by atoms with Crippen LogP contribution in [-0.2, 0) is 4.74 Å². The third kappa shape index (κ3) is 7.10. The topological polar surface area (TPSA) is 18.5 Å². The molecule has 0 spiro atoms. The van der Waals surface area contributed by atoms with E-state index in [1.807, 2.05) is 0 Å². The molecule has 1 atom stereocenters. The molecule has 1 rings (SSSR count). The van der Waals surface area contributed by atoms with Crippen LogP contribution in [0.15, 0.2) is 30.5 Å². The van der Waals surface area contributed by atoms with Gasteiger partial charge in [-0.05, 0) is 30.5 Å². The lowest BCUT2D eigenvalue weighted by atomic mass is 10.0. The molecule has 0 aromatic heterocycles. The molecule has 118 valence electrons. The van der Waals surface area contributed by atoms with Crippen molar-refractivity contribution in [1.29, 1.82) is 0 Å². The molecular formula is C17H24Cl2O2. The average molecular weight is 331 g/mol. The van der Waals surface area contributed by atoms with E-state index < -0.39 is 0 Å². The SMILES string of the molecule is C=C(COc1ccc(Cl)cc1Cl)OCC(CC)CCCC. The second-order valence-corrected chi connectivity index (χ2v) is 5.97. The Bertz CT molecular complexity index is 446. The summed E-state index contributed by atoms with van der Waals surface area (Å²) in [7, 11) is 0. The third-order valence-electron chi connectivity index (χ3n) is 3.35. The maximum Gasteiger partial charge on any atom is 0.145 e. The zero-order valence-electron chi connectivity index (χ0n) is 12.8. The van der Waals surface area contributed by atoms with Gasteiger partial charge in [-0.2, -0.15) is 0 Å². The van der Waals surface area contributed by atoms with E-state index in [1.54, 1.807) is 18.2 Å². The first-order chi connectivity index (χ1) is 10.1. The standard InChI is InChI=1S/C17H24Cl2O2/c1-4-6-7-14(5-2)12-20-13(3)11-21-17-9-8-15(18)10-16(17)19/h8-10,14H,3-7,11-12H2,1-2H3. The lowest BCUT2D eigenvalue weighted by Gasteiger charge is -2.17. The Morgan fingerprint density at radius 2 is 2.05 bits per heavy atom. The molecule has 0 aliphatic heterocycles. The van der Waals surface area contributed by atoms with Gasteiger partial charge in [0.15, 0.2) is 0 Å². The number of benzene rings is 1. The van der Waals surface area contributed by atoms with Crippen LogP contribution in [0.25, 0.3) is 0 Å². The second kappa shape index (κ2) is 9.97. The minimum Gasteiger partial charge on any atom is -0.495 e. The van der Waals surface area contributed by atoms with Crippen molar-refractivity contribution in [2.24, 2.45) is 5.92 Å². The van der Waals surface area contributed by atoms with E-state index in [1.165, 1.54) is 19.3 Å². The quantitative estimate of drug-likeness (QED) is 0.481. The molecule has 0 amide bonds. The molecule has 1 aromatic carbocycles. The van der Waals surface area contributed by atoms with Crippen LogP contribution in [0.1, 0.15) is 39.5 Å². The van der Waals surface area contributed by atoms with Crippen molar-refractivity contribution in [3.05, 3.63) is 40.6 Å². The molecule has 0 aliphatic carbocycles. The third-order valence-corrected chi connectivity index (χ3v) is 3.88. The molecule has 0 fully saturated rings. The first-order valence-corrected chi connectivity index (χ1v) is 8.20. The van der Waals surface area contributed by atoms with Crippen molar-refractivity contribution in [2.75, 3.05) is 13.2 Å². The summed E-state index contributed by atoms with van der Waals surface area (Å²) < 4.78 is 11.3. The maximum absolute atomic E-state index is 6.04. The van der Waals surface area contributed by atoms with Crippen molar-refractivity contribution < 1.29 is 9.47 Å². The predicted octanol–water partition coefficient (Wildman–Crippen LogP) is 6.12.